The van der Waals surface area contributed by atoms with E-state index in [0.717, 1.165) is 30.3 Å². The van der Waals surface area contributed by atoms with Crippen molar-refractivity contribution in [2.45, 2.75) is 6.92 Å². The molecule has 0 saturated carbocycles. The highest BCUT2D eigenvalue weighted by Crippen LogP contribution is 2.38. The molecule has 1 aliphatic rings. The van der Waals surface area contributed by atoms with Crippen LogP contribution in [0.15, 0.2) is 12.1 Å². The highest BCUT2D eigenvalue weighted by Gasteiger charge is 2.17. The summed E-state index contributed by atoms with van der Waals surface area (Å²) in [5.41, 5.74) is 7.75. The molecule has 2 rings (SSSR count). The Labute approximate surface area is 107 Å². The van der Waals surface area contributed by atoms with Gasteiger partial charge in [0.1, 0.15) is 13.2 Å². The van der Waals surface area contributed by atoms with Crippen LogP contribution in [0, 0.1) is 0 Å². The third-order valence-corrected chi connectivity index (χ3v) is 2.98. The van der Waals surface area contributed by atoms with E-state index in [1.54, 1.807) is 7.11 Å². The smallest absolute Gasteiger partial charge is 0.163 e. The van der Waals surface area contributed by atoms with Crippen molar-refractivity contribution in [3.05, 3.63) is 12.1 Å². The molecule has 0 amide bonds. The first-order valence-corrected chi connectivity index (χ1v) is 6.19. The van der Waals surface area contributed by atoms with Gasteiger partial charge in [-0.15, -0.1) is 0 Å². The number of rotatable bonds is 5. The van der Waals surface area contributed by atoms with E-state index in [9.17, 15) is 0 Å². The summed E-state index contributed by atoms with van der Waals surface area (Å²) in [7, 11) is 1.70. The monoisotopic (exact) mass is 252 g/mol. The number of fused-ring (bicyclic) bond motifs is 1. The van der Waals surface area contributed by atoms with Crippen molar-refractivity contribution in [2.75, 3.05) is 50.7 Å². The lowest BCUT2D eigenvalue weighted by molar-refractivity contribution is 0.171. The van der Waals surface area contributed by atoms with Crippen LogP contribution in [0.4, 0.5) is 11.4 Å². The molecule has 0 aliphatic carbocycles. The SMILES string of the molecule is CCN(CCOC)c1cc2c(cc1N)OCCO2. The van der Waals surface area contributed by atoms with Crippen LogP contribution in [0.1, 0.15) is 6.92 Å². The molecule has 1 aromatic rings. The second-order valence-electron chi connectivity index (χ2n) is 4.13. The highest BCUT2D eigenvalue weighted by molar-refractivity contribution is 5.73. The number of likely N-dealkylation sites (N-methyl/N-ethyl adjacent to an activating group) is 1. The number of nitrogens with zero attached hydrogens (tertiary/aromatic N) is 1. The minimum Gasteiger partial charge on any atom is -0.486 e. The maximum Gasteiger partial charge on any atom is 0.163 e. The molecule has 5 nitrogen and oxygen atoms in total. The summed E-state index contributed by atoms with van der Waals surface area (Å²) in [6, 6.07) is 3.78. The van der Waals surface area contributed by atoms with Crippen LogP contribution in [0.2, 0.25) is 0 Å². The van der Waals surface area contributed by atoms with Gasteiger partial charge >= 0.3 is 0 Å². The van der Waals surface area contributed by atoms with Crippen molar-refractivity contribution in [2.24, 2.45) is 0 Å². The normalized spacial score (nSPS) is 13.4. The number of benzene rings is 1. The van der Waals surface area contributed by atoms with Crippen molar-refractivity contribution >= 4 is 11.4 Å². The summed E-state index contributed by atoms with van der Waals surface area (Å²) < 4.78 is 16.2. The van der Waals surface area contributed by atoms with Crippen LogP contribution < -0.4 is 20.1 Å². The molecule has 0 radical (unpaired) electrons. The quantitative estimate of drug-likeness (QED) is 0.805. The lowest BCUT2D eigenvalue weighted by atomic mass is 10.2. The summed E-state index contributed by atoms with van der Waals surface area (Å²) in [5.74, 6) is 1.49. The van der Waals surface area contributed by atoms with E-state index in [1.807, 2.05) is 12.1 Å². The Hall–Kier alpha value is -1.62. The fourth-order valence-electron chi connectivity index (χ4n) is 2.02. The number of nitrogen functional groups attached to an aromatic ring is 1. The molecule has 2 N–H and O–H groups in total. The Balaban J connectivity index is 2.25. The molecule has 18 heavy (non-hydrogen) atoms. The van der Waals surface area contributed by atoms with Crippen LogP contribution in [-0.2, 0) is 4.74 Å². The van der Waals surface area contributed by atoms with Crippen LogP contribution in [0.5, 0.6) is 11.5 Å². The first-order valence-electron chi connectivity index (χ1n) is 6.19. The molecule has 0 bridgehead atoms. The number of methoxy groups -OCH3 is 1. The largest absolute Gasteiger partial charge is 0.486 e. The van der Waals surface area contributed by atoms with Gasteiger partial charge in [-0.2, -0.15) is 0 Å². The summed E-state index contributed by atoms with van der Waals surface area (Å²) >= 11 is 0. The maximum atomic E-state index is 6.07. The molecule has 0 saturated heterocycles. The van der Waals surface area contributed by atoms with Gasteiger partial charge in [-0.05, 0) is 6.92 Å². The van der Waals surface area contributed by atoms with Crippen LogP contribution >= 0.6 is 0 Å². The predicted octanol–water partition coefficient (Wildman–Crippen LogP) is 1.51. The number of hydrogen-bond donors (Lipinski definition) is 1. The van der Waals surface area contributed by atoms with Crippen LogP contribution in [-0.4, -0.2) is 40.0 Å². The highest BCUT2D eigenvalue weighted by atomic mass is 16.6. The Kier molecular flexibility index (Phi) is 4.15. The van der Waals surface area contributed by atoms with Gasteiger partial charge in [0.25, 0.3) is 0 Å². The minimum atomic E-state index is 0.576. The molecule has 1 aliphatic heterocycles. The summed E-state index contributed by atoms with van der Waals surface area (Å²) in [6.07, 6.45) is 0. The van der Waals surface area contributed by atoms with E-state index >= 15 is 0 Å². The van der Waals surface area contributed by atoms with Gasteiger partial charge in [0, 0.05) is 32.3 Å². The lowest BCUT2D eigenvalue weighted by Gasteiger charge is -2.27. The summed E-state index contributed by atoms with van der Waals surface area (Å²) in [5, 5.41) is 0. The van der Waals surface area contributed by atoms with Gasteiger partial charge in [-0.25, -0.2) is 0 Å². The zero-order valence-electron chi connectivity index (χ0n) is 10.9. The average Bonchev–Trinajstić information content (AvgIpc) is 2.40. The van der Waals surface area contributed by atoms with Crippen molar-refractivity contribution in [1.29, 1.82) is 0 Å². The molecular weight excluding hydrogens is 232 g/mol. The van der Waals surface area contributed by atoms with Crippen LogP contribution in [0.3, 0.4) is 0 Å². The zero-order chi connectivity index (χ0) is 13.0. The lowest BCUT2D eigenvalue weighted by Crippen LogP contribution is -2.28. The van der Waals surface area contributed by atoms with Crippen molar-refractivity contribution in [3.8, 4) is 11.5 Å². The van der Waals surface area contributed by atoms with E-state index < -0.39 is 0 Å². The molecule has 100 valence electrons. The van der Waals surface area contributed by atoms with Gasteiger partial charge in [0.15, 0.2) is 11.5 Å². The number of ether oxygens (including phenoxy) is 3. The molecule has 0 atom stereocenters. The topological polar surface area (TPSA) is 57.0 Å². The Bertz CT molecular complexity index is 409. The van der Waals surface area contributed by atoms with Crippen LogP contribution in [0.25, 0.3) is 0 Å². The van der Waals surface area contributed by atoms with E-state index in [-0.39, 0.29) is 0 Å². The molecule has 1 aromatic carbocycles. The number of anilines is 2. The Morgan fingerprint density at radius 2 is 1.94 bits per heavy atom. The second kappa shape index (κ2) is 5.82. The van der Waals surface area contributed by atoms with Crippen molar-refractivity contribution in [1.82, 2.24) is 0 Å². The Morgan fingerprint density at radius 3 is 2.56 bits per heavy atom. The van der Waals surface area contributed by atoms with Gasteiger partial charge in [0.05, 0.1) is 18.0 Å². The summed E-state index contributed by atoms with van der Waals surface area (Å²) in [6.45, 7) is 5.59. The maximum absolute atomic E-state index is 6.07. The van der Waals surface area contributed by atoms with Crippen molar-refractivity contribution in [3.63, 3.8) is 0 Å². The second-order valence-corrected chi connectivity index (χ2v) is 4.13. The minimum absolute atomic E-state index is 0.576. The van der Waals surface area contributed by atoms with E-state index in [4.69, 9.17) is 19.9 Å². The number of hydrogen-bond acceptors (Lipinski definition) is 5. The number of nitrogens with two attached hydrogens (primary N) is 1. The molecule has 0 spiro atoms. The molecule has 0 aromatic heterocycles. The molecule has 1 heterocycles. The van der Waals surface area contributed by atoms with E-state index in [1.165, 1.54) is 0 Å². The Morgan fingerprint density at radius 1 is 1.28 bits per heavy atom. The molecule has 0 fully saturated rings. The summed E-state index contributed by atoms with van der Waals surface area (Å²) in [4.78, 5) is 2.16. The average molecular weight is 252 g/mol. The van der Waals surface area contributed by atoms with E-state index in [0.29, 0.717) is 25.5 Å². The fourth-order valence-corrected chi connectivity index (χ4v) is 2.02. The predicted molar refractivity (Wildman–Crippen MR) is 71.6 cm³/mol. The van der Waals surface area contributed by atoms with Gasteiger partial charge in [0.2, 0.25) is 0 Å². The van der Waals surface area contributed by atoms with E-state index in [2.05, 4.69) is 11.8 Å². The third-order valence-electron chi connectivity index (χ3n) is 2.98. The van der Waals surface area contributed by atoms with Gasteiger partial charge in [-0.1, -0.05) is 0 Å². The fraction of sp³-hybridized carbons (Fsp3) is 0.538. The first kappa shape index (κ1) is 12.8. The molecule has 0 unspecified atom stereocenters. The molecule has 5 heteroatoms. The van der Waals surface area contributed by atoms with Gasteiger partial charge < -0.3 is 24.8 Å². The first-order chi connectivity index (χ1) is 8.76. The standard InChI is InChI=1S/C13H20N2O3/c1-3-15(4-5-16-2)11-9-13-12(8-10(11)14)17-6-7-18-13/h8-9H,3-7,14H2,1-2H3. The van der Waals surface area contributed by atoms with Gasteiger partial charge in [-0.3, -0.25) is 0 Å². The third kappa shape index (κ3) is 2.61. The van der Waals surface area contributed by atoms with Crippen molar-refractivity contribution < 1.29 is 14.2 Å². The zero-order valence-corrected chi connectivity index (χ0v) is 10.9. The molecular formula is C13H20N2O3.